The van der Waals surface area contributed by atoms with Gasteiger partial charge in [0.2, 0.25) is 0 Å². The second kappa shape index (κ2) is 7.26. The zero-order chi connectivity index (χ0) is 17.8. The molecule has 0 aliphatic heterocycles. The second-order valence-electron chi connectivity index (χ2n) is 5.88. The fourth-order valence-corrected chi connectivity index (χ4v) is 2.84. The standard InChI is InChI=1S/C15H20O8/c1-8(2)13(20)23-6-5-15(14(21)22)4-3-9(11(16)17)10(7-15)12(18)19/h9-10H,1,3-7H2,2H3,(H,16,17)(H,18,19)(H,21,22). The number of carboxylic acids is 3. The number of carboxylic acid groups (broad SMARTS) is 3. The van der Waals surface area contributed by atoms with E-state index >= 15 is 0 Å². The lowest BCUT2D eigenvalue weighted by Crippen LogP contribution is -2.45. The highest BCUT2D eigenvalue weighted by Gasteiger charge is 2.50. The fourth-order valence-electron chi connectivity index (χ4n) is 2.84. The molecule has 0 spiro atoms. The van der Waals surface area contributed by atoms with Crippen molar-refractivity contribution in [2.24, 2.45) is 17.3 Å². The molecular formula is C15H20O8. The molecule has 0 radical (unpaired) electrons. The van der Waals surface area contributed by atoms with Crippen LogP contribution in [-0.4, -0.2) is 45.8 Å². The molecule has 8 heteroatoms. The number of hydrogen-bond donors (Lipinski definition) is 3. The minimum atomic E-state index is -1.41. The Morgan fingerprint density at radius 3 is 2.13 bits per heavy atom. The molecule has 1 fully saturated rings. The lowest BCUT2D eigenvalue weighted by Gasteiger charge is -2.38. The Labute approximate surface area is 132 Å². The molecule has 0 aromatic carbocycles. The van der Waals surface area contributed by atoms with Crippen LogP contribution in [0.5, 0.6) is 0 Å². The molecule has 1 aliphatic rings. The van der Waals surface area contributed by atoms with Crippen molar-refractivity contribution in [3.8, 4) is 0 Å². The zero-order valence-corrected chi connectivity index (χ0v) is 12.8. The highest BCUT2D eigenvalue weighted by atomic mass is 16.5. The lowest BCUT2D eigenvalue weighted by atomic mass is 9.64. The van der Waals surface area contributed by atoms with Gasteiger partial charge in [-0.3, -0.25) is 14.4 Å². The molecule has 0 saturated heterocycles. The highest BCUT2D eigenvalue weighted by molar-refractivity contribution is 5.87. The Bertz CT molecular complexity index is 538. The molecule has 128 valence electrons. The third-order valence-corrected chi connectivity index (χ3v) is 4.28. The van der Waals surface area contributed by atoms with Crippen LogP contribution in [-0.2, 0) is 23.9 Å². The SMILES string of the molecule is C=C(C)C(=O)OCCC1(C(=O)O)CCC(C(=O)O)C(C(=O)O)C1. The molecule has 0 bridgehead atoms. The van der Waals surface area contributed by atoms with Gasteiger partial charge in [-0.15, -0.1) is 0 Å². The van der Waals surface area contributed by atoms with E-state index in [1.165, 1.54) is 6.92 Å². The van der Waals surface area contributed by atoms with Crippen molar-refractivity contribution in [3.05, 3.63) is 12.2 Å². The Morgan fingerprint density at radius 2 is 1.70 bits per heavy atom. The zero-order valence-electron chi connectivity index (χ0n) is 12.8. The van der Waals surface area contributed by atoms with E-state index in [9.17, 15) is 29.4 Å². The number of esters is 1. The van der Waals surface area contributed by atoms with Crippen LogP contribution in [0.3, 0.4) is 0 Å². The van der Waals surface area contributed by atoms with Gasteiger partial charge in [0.25, 0.3) is 0 Å². The van der Waals surface area contributed by atoms with Gasteiger partial charge < -0.3 is 20.1 Å². The van der Waals surface area contributed by atoms with E-state index in [-0.39, 0.29) is 37.9 Å². The summed E-state index contributed by atoms with van der Waals surface area (Å²) in [7, 11) is 0. The predicted octanol–water partition coefficient (Wildman–Crippen LogP) is 1.15. The lowest BCUT2D eigenvalue weighted by molar-refractivity contribution is -0.167. The number of carbonyl (C=O) groups is 4. The molecule has 0 aromatic heterocycles. The van der Waals surface area contributed by atoms with Gasteiger partial charge in [0.1, 0.15) is 0 Å². The van der Waals surface area contributed by atoms with Gasteiger partial charge in [-0.05, 0) is 32.6 Å². The third kappa shape index (κ3) is 4.30. The highest BCUT2D eigenvalue weighted by Crippen LogP contribution is 2.45. The van der Waals surface area contributed by atoms with Crippen LogP contribution in [0.25, 0.3) is 0 Å². The monoisotopic (exact) mass is 328 g/mol. The number of carbonyl (C=O) groups excluding carboxylic acids is 1. The number of ether oxygens (including phenoxy) is 1. The van der Waals surface area contributed by atoms with Gasteiger partial charge in [-0.25, -0.2) is 4.79 Å². The summed E-state index contributed by atoms with van der Waals surface area (Å²) in [6.45, 7) is 4.66. The predicted molar refractivity (Wildman–Crippen MR) is 76.6 cm³/mol. The molecule has 0 heterocycles. The summed E-state index contributed by atoms with van der Waals surface area (Å²) in [5.74, 6) is -6.84. The van der Waals surface area contributed by atoms with Gasteiger partial charge in [-0.1, -0.05) is 6.58 Å². The minimum Gasteiger partial charge on any atom is -0.481 e. The Kier molecular flexibility index (Phi) is 5.89. The van der Waals surface area contributed by atoms with Crippen molar-refractivity contribution < 1.29 is 39.2 Å². The number of hydrogen-bond acceptors (Lipinski definition) is 5. The maximum absolute atomic E-state index is 11.6. The minimum absolute atomic E-state index is 0.0215. The quantitative estimate of drug-likeness (QED) is 0.467. The molecule has 1 rings (SSSR count). The maximum Gasteiger partial charge on any atom is 0.333 e. The van der Waals surface area contributed by atoms with Gasteiger partial charge in [0.05, 0.1) is 23.9 Å². The van der Waals surface area contributed by atoms with Crippen LogP contribution in [0.15, 0.2) is 12.2 Å². The maximum atomic E-state index is 11.6. The Hall–Kier alpha value is -2.38. The first kappa shape index (κ1) is 18.7. The molecule has 8 nitrogen and oxygen atoms in total. The summed E-state index contributed by atoms with van der Waals surface area (Å²) in [5.41, 5.74) is -1.24. The molecule has 3 N–H and O–H groups in total. The van der Waals surface area contributed by atoms with E-state index in [1.54, 1.807) is 0 Å². The van der Waals surface area contributed by atoms with Crippen molar-refractivity contribution in [2.45, 2.75) is 32.6 Å². The van der Waals surface area contributed by atoms with Crippen LogP contribution >= 0.6 is 0 Å². The van der Waals surface area contributed by atoms with E-state index in [4.69, 9.17) is 9.84 Å². The normalized spacial score (nSPS) is 27.0. The van der Waals surface area contributed by atoms with E-state index in [0.29, 0.717) is 0 Å². The number of rotatable bonds is 7. The average molecular weight is 328 g/mol. The average Bonchev–Trinajstić information content (AvgIpc) is 2.46. The molecule has 0 amide bonds. The summed E-state index contributed by atoms with van der Waals surface area (Å²) in [6.07, 6.45) is -0.405. The Morgan fingerprint density at radius 1 is 1.13 bits per heavy atom. The molecule has 3 unspecified atom stereocenters. The summed E-state index contributed by atoms with van der Waals surface area (Å²) in [4.78, 5) is 45.4. The molecular weight excluding hydrogens is 308 g/mol. The molecule has 3 atom stereocenters. The van der Waals surface area contributed by atoms with E-state index in [2.05, 4.69) is 6.58 Å². The van der Waals surface area contributed by atoms with Crippen LogP contribution in [0.1, 0.15) is 32.6 Å². The van der Waals surface area contributed by atoms with E-state index < -0.39 is 41.1 Å². The first-order valence-electron chi connectivity index (χ1n) is 7.12. The molecule has 1 aliphatic carbocycles. The summed E-state index contributed by atoms with van der Waals surface area (Å²) in [5, 5.41) is 27.8. The number of aliphatic carboxylic acids is 3. The van der Waals surface area contributed by atoms with Crippen molar-refractivity contribution in [1.82, 2.24) is 0 Å². The first-order valence-corrected chi connectivity index (χ1v) is 7.12. The van der Waals surface area contributed by atoms with E-state index in [1.807, 2.05) is 0 Å². The third-order valence-electron chi connectivity index (χ3n) is 4.28. The van der Waals surface area contributed by atoms with Crippen LogP contribution in [0.2, 0.25) is 0 Å². The summed E-state index contributed by atoms with van der Waals surface area (Å²) < 4.78 is 4.89. The largest absolute Gasteiger partial charge is 0.481 e. The Balaban J connectivity index is 2.87. The van der Waals surface area contributed by atoms with Gasteiger partial charge in [-0.2, -0.15) is 0 Å². The van der Waals surface area contributed by atoms with Crippen molar-refractivity contribution in [3.63, 3.8) is 0 Å². The van der Waals surface area contributed by atoms with Crippen LogP contribution < -0.4 is 0 Å². The second-order valence-corrected chi connectivity index (χ2v) is 5.88. The van der Waals surface area contributed by atoms with Crippen LogP contribution in [0, 0.1) is 17.3 Å². The topological polar surface area (TPSA) is 138 Å². The van der Waals surface area contributed by atoms with Crippen molar-refractivity contribution in [2.75, 3.05) is 6.61 Å². The van der Waals surface area contributed by atoms with Crippen molar-refractivity contribution in [1.29, 1.82) is 0 Å². The smallest absolute Gasteiger partial charge is 0.333 e. The molecule has 23 heavy (non-hydrogen) atoms. The van der Waals surface area contributed by atoms with Gasteiger partial charge >= 0.3 is 23.9 Å². The van der Waals surface area contributed by atoms with Crippen LogP contribution in [0.4, 0.5) is 0 Å². The summed E-state index contributed by atoms with van der Waals surface area (Å²) in [6, 6.07) is 0. The van der Waals surface area contributed by atoms with Gasteiger partial charge in [0, 0.05) is 5.57 Å². The molecule has 1 saturated carbocycles. The van der Waals surface area contributed by atoms with E-state index in [0.717, 1.165) is 0 Å². The summed E-state index contributed by atoms with van der Waals surface area (Å²) >= 11 is 0. The van der Waals surface area contributed by atoms with Crippen molar-refractivity contribution >= 4 is 23.9 Å². The fraction of sp³-hybridized carbons (Fsp3) is 0.600. The first-order chi connectivity index (χ1) is 10.6. The molecule has 0 aromatic rings. The van der Waals surface area contributed by atoms with Gasteiger partial charge in [0.15, 0.2) is 0 Å².